The Hall–Kier alpha value is -2.67. The fourth-order valence-electron chi connectivity index (χ4n) is 3.08. The van der Waals surface area contributed by atoms with Gasteiger partial charge in [-0.3, -0.25) is 9.48 Å². The van der Waals surface area contributed by atoms with Crippen LogP contribution in [0.2, 0.25) is 0 Å². The van der Waals surface area contributed by atoms with Crippen molar-refractivity contribution in [3.8, 4) is 0 Å². The number of carbonyl (C=O) groups excluding carboxylic acids is 1. The molecule has 0 saturated carbocycles. The summed E-state index contributed by atoms with van der Waals surface area (Å²) in [6, 6.07) is 9.73. The van der Waals surface area contributed by atoms with Crippen LogP contribution in [0.4, 0.5) is 0 Å². The molecule has 132 valence electrons. The van der Waals surface area contributed by atoms with Crippen LogP contribution in [0.3, 0.4) is 0 Å². The number of carboxylic acid groups (broad SMARTS) is 1. The van der Waals surface area contributed by atoms with Crippen molar-refractivity contribution in [3.63, 3.8) is 0 Å². The molecule has 1 aromatic heterocycles. The first-order valence-corrected chi connectivity index (χ1v) is 8.20. The summed E-state index contributed by atoms with van der Waals surface area (Å²) in [6.45, 7) is 3.61. The summed E-state index contributed by atoms with van der Waals surface area (Å²) in [5.74, 6) is -1.29. The van der Waals surface area contributed by atoms with Crippen LogP contribution in [0.25, 0.3) is 0 Å². The van der Waals surface area contributed by atoms with Gasteiger partial charge in [0, 0.05) is 19.2 Å². The number of aromatic nitrogens is 2. The summed E-state index contributed by atoms with van der Waals surface area (Å²) < 4.78 is 1.48. The van der Waals surface area contributed by atoms with Crippen molar-refractivity contribution in [2.75, 3.05) is 27.2 Å². The van der Waals surface area contributed by atoms with Gasteiger partial charge < -0.3 is 14.9 Å². The second-order valence-corrected chi connectivity index (χ2v) is 6.58. The molecule has 3 rings (SSSR count). The molecule has 1 atom stereocenters. The molecule has 7 heteroatoms. The minimum Gasteiger partial charge on any atom is -0.476 e. The van der Waals surface area contributed by atoms with E-state index in [4.69, 9.17) is 5.11 Å². The van der Waals surface area contributed by atoms with Crippen LogP contribution in [0.1, 0.15) is 38.1 Å². The van der Waals surface area contributed by atoms with Crippen LogP contribution in [-0.4, -0.2) is 63.7 Å². The molecule has 0 bridgehead atoms. The number of rotatable bonds is 5. The smallest absolute Gasteiger partial charge is 0.356 e. The van der Waals surface area contributed by atoms with E-state index in [0.717, 1.165) is 5.56 Å². The molecule has 1 N–H and O–H groups in total. The molecule has 1 aliphatic rings. The maximum atomic E-state index is 12.7. The lowest BCUT2D eigenvalue weighted by Crippen LogP contribution is -2.44. The van der Waals surface area contributed by atoms with Crippen molar-refractivity contribution >= 4 is 11.9 Å². The molecule has 7 nitrogen and oxygen atoms in total. The number of aromatic carboxylic acids is 1. The van der Waals surface area contributed by atoms with E-state index in [0.29, 0.717) is 25.3 Å². The third kappa shape index (κ3) is 3.41. The number of fused-ring (bicyclic) bond motifs is 1. The largest absolute Gasteiger partial charge is 0.476 e. The van der Waals surface area contributed by atoms with Crippen LogP contribution in [0.15, 0.2) is 30.3 Å². The van der Waals surface area contributed by atoms with Gasteiger partial charge in [-0.15, -0.1) is 0 Å². The lowest BCUT2D eigenvalue weighted by atomic mass is 10.0. The third-order valence-corrected chi connectivity index (χ3v) is 4.57. The maximum Gasteiger partial charge on any atom is 0.356 e. The first kappa shape index (κ1) is 17.2. The van der Waals surface area contributed by atoms with Gasteiger partial charge in [0.25, 0.3) is 5.91 Å². The molecule has 1 unspecified atom stereocenters. The van der Waals surface area contributed by atoms with Crippen LogP contribution < -0.4 is 0 Å². The number of aryl methyl sites for hydroxylation is 1. The summed E-state index contributed by atoms with van der Waals surface area (Å²) in [6.07, 6.45) is 0. The molecular formula is C18H22N4O3. The van der Waals surface area contributed by atoms with Gasteiger partial charge in [0.2, 0.25) is 0 Å². The number of carboxylic acids is 1. The minimum atomic E-state index is -1.12. The molecule has 1 aromatic carbocycles. The number of nitrogens with zero attached hydrogens (tertiary/aromatic N) is 4. The van der Waals surface area contributed by atoms with Crippen molar-refractivity contribution in [3.05, 3.63) is 52.8 Å². The topological polar surface area (TPSA) is 78.7 Å². The van der Waals surface area contributed by atoms with E-state index in [2.05, 4.69) is 34.3 Å². The number of hydrogen-bond acceptors (Lipinski definition) is 4. The highest BCUT2D eigenvalue weighted by Gasteiger charge is 2.30. The summed E-state index contributed by atoms with van der Waals surface area (Å²) in [4.78, 5) is 27.7. The zero-order valence-corrected chi connectivity index (χ0v) is 14.6. The fourth-order valence-corrected chi connectivity index (χ4v) is 3.08. The summed E-state index contributed by atoms with van der Waals surface area (Å²) in [7, 11) is 3.98. The van der Waals surface area contributed by atoms with Crippen molar-refractivity contribution in [2.45, 2.75) is 19.5 Å². The molecule has 2 heterocycles. The normalized spacial score (nSPS) is 15.4. The Labute approximate surface area is 146 Å². The van der Waals surface area contributed by atoms with Crippen LogP contribution in [0.5, 0.6) is 0 Å². The van der Waals surface area contributed by atoms with Crippen LogP contribution in [-0.2, 0) is 6.54 Å². The summed E-state index contributed by atoms with van der Waals surface area (Å²) in [5, 5.41) is 13.0. The molecule has 25 heavy (non-hydrogen) atoms. The van der Waals surface area contributed by atoms with E-state index < -0.39 is 5.97 Å². The van der Waals surface area contributed by atoms with Gasteiger partial charge in [-0.25, -0.2) is 4.79 Å². The predicted molar refractivity (Wildman–Crippen MR) is 92.7 cm³/mol. The van der Waals surface area contributed by atoms with Crippen LogP contribution >= 0.6 is 0 Å². The Kier molecular flexibility index (Phi) is 4.59. The lowest BCUT2D eigenvalue weighted by molar-refractivity contribution is 0.0640. The van der Waals surface area contributed by atoms with Crippen molar-refractivity contribution in [1.82, 2.24) is 19.6 Å². The van der Waals surface area contributed by atoms with E-state index in [-0.39, 0.29) is 17.6 Å². The number of amides is 1. The van der Waals surface area contributed by atoms with E-state index in [1.807, 2.05) is 21.0 Å². The first-order valence-electron chi connectivity index (χ1n) is 8.20. The molecule has 0 radical (unpaired) electrons. The van der Waals surface area contributed by atoms with Crippen molar-refractivity contribution < 1.29 is 14.7 Å². The van der Waals surface area contributed by atoms with E-state index in [1.54, 1.807) is 4.90 Å². The highest BCUT2D eigenvalue weighted by molar-refractivity contribution is 5.96. The fraction of sp³-hybridized carbons (Fsp3) is 0.389. The first-order chi connectivity index (χ1) is 11.9. The highest BCUT2D eigenvalue weighted by atomic mass is 16.4. The Morgan fingerprint density at radius 2 is 1.96 bits per heavy atom. The average molecular weight is 342 g/mol. The van der Waals surface area contributed by atoms with Gasteiger partial charge in [-0.2, -0.15) is 5.10 Å². The average Bonchev–Trinajstić information content (AvgIpc) is 3.00. The monoisotopic (exact) mass is 342 g/mol. The Morgan fingerprint density at radius 3 is 2.56 bits per heavy atom. The standard InChI is InChI=1S/C18H22N4O3/c1-12-4-6-13(7-5-12)16(20(2)3)11-21-8-9-22-15(17(21)23)10-14(19-22)18(24)25/h4-7,10,16H,8-9,11H2,1-3H3,(H,24,25). The molecule has 1 amide bonds. The third-order valence-electron chi connectivity index (χ3n) is 4.57. The van der Waals surface area contributed by atoms with E-state index in [1.165, 1.54) is 16.3 Å². The number of hydrogen-bond donors (Lipinski definition) is 1. The Morgan fingerprint density at radius 1 is 1.28 bits per heavy atom. The van der Waals surface area contributed by atoms with Gasteiger partial charge in [0.05, 0.1) is 12.6 Å². The molecule has 0 aliphatic carbocycles. The molecule has 2 aromatic rings. The summed E-state index contributed by atoms with van der Waals surface area (Å²) >= 11 is 0. The predicted octanol–water partition coefficient (Wildman–Crippen LogP) is 1.65. The highest BCUT2D eigenvalue weighted by Crippen LogP contribution is 2.23. The second-order valence-electron chi connectivity index (χ2n) is 6.58. The number of benzene rings is 1. The van der Waals surface area contributed by atoms with E-state index >= 15 is 0 Å². The van der Waals surface area contributed by atoms with Gasteiger partial charge in [-0.1, -0.05) is 29.8 Å². The van der Waals surface area contributed by atoms with Gasteiger partial charge in [0.1, 0.15) is 5.69 Å². The van der Waals surface area contributed by atoms with Gasteiger partial charge in [-0.05, 0) is 26.6 Å². The zero-order valence-electron chi connectivity index (χ0n) is 14.6. The SMILES string of the molecule is Cc1ccc(C(CN2CCn3nc(C(=O)O)cc3C2=O)N(C)C)cc1. The lowest BCUT2D eigenvalue weighted by Gasteiger charge is -2.34. The Bertz CT molecular complexity index is 795. The molecule has 1 aliphatic heterocycles. The molecule has 0 saturated heterocycles. The molecule has 0 spiro atoms. The van der Waals surface area contributed by atoms with Crippen molar-refractivity contribution in [2.24, 2.45) is 0 Å². The minimum absolute atomic E-state index is 0.0676. The molecule has 0 fully saturated rings. The van der Waals surface area contributed by atoms with E-state index in [9.17, 15) is 9.59 Å². The number of carbonyl (C=O) groups is 2. The number of likely N-dealkylation sites (N-methyl/N-ethyl adjacent to an activating group) is 1. The Balaban J connectivity index is 1.82. The van der Waals surface area contributed by atoms with Gasteiger partial charge in [0.15, 0.2) is 5.69 Å². The second kappa shape index (κ2) is 6.68. The van der Waals surface area contributed by atoms with Crippen LogP contribution in [0, 0.1) is 6.92 Å². The summed E-state index contributed by atoms with van der Waals surface area (Å²) in [5.41, 5.74) is 2.59. The van der Waals surface area contributed by atoms with Crippen molar-refractivity contribution in [1.29, 1.82) is 0 Å². The molecular weight excluding hydrogens is 320 g/mol. The maximum absolute atomic E-state index is 12.7. The quantitative estimate of drug-likeness (QED) is 0.894. The zero-order chi connectivity index (χ0) is 18.1. The van der Waals surface area contributed by atoms with Gasteiger partial charge >= 0.3 is 5.97 Å².